The molecule has 1 rings (SSSR count). The number of allylic oxidation sites excluding steroid dienone is 2. The Morgan fingerprint density at radius 1 is 1.35 bits per heavy atom. The second-order valence-corrected chi connectivity index (χ2v) is 4.62. The van der Waals surface area contributed by atoms with Gasteiger partial charge in [-0.3, -0.25) is 4.99 Å². The van der Waals surface area contributed by atoms with E-state index in [1.54, 1.807) is 0 Å². The highest BCUT2D eigenvalue weighted by Gasteiger charge is 2.11. The molecule has 0 heterocycles. The monoisotopic (exact) mass is 229 g/mol. The molecule has 1 aromatic rings. The Morgan fingerprint density at radius 2 is 2.00 bits per heavy atom. The lowest BCUT2D eigenvalue weighted by Crippen LogP contribution is -2.09. The fourth-order valence-electron chi connectivity index (χ4n) is 1.95. The smallest absolute Gasteiger partial charge is 0.0425 e. The van der Waals surface area contributed by atoms with Crippen molar-refractivity contribution in [3.8, 4) is 0 Å². The quantitative estimate of drug-likeness (QED) is 0.536. The van der Waals surface area contributed by atoms with Gasteiger partial charge in [0, 0.05) is 12.8 Å². The number of rotatable bonds is 4. The lowest BCUT2D eigenvalue weighted by molar-refractivity contribution is 0.713. The molecule has 0 saturated heterocycles. The summed E-state index contributed by atoms with van der Waals surface area (Å²) in [6.45, 7) is 8.70. The van der Waals surface area contributed by atoms with Crippen molar-refractivity contribution in [1.29, 1.82) is 0 Å². The van der Waals surface area contributed by atoms with Crippen LogP contribution in [0.5, 0.6) is 0 Å². The van der Waals surface area contributed by atoms with Gasteiger partial charge in [-0.1, -0.05) is 42.8 Å². The Morgan fingerprint density at radius 3 is 2.53 bits per heavy atom. The van der Waals surface area contributed by atoms with Crippen molar-refractivity contribution in [2.75, 3.05) is 7.05 Å². The summed E-state index contributed by atoms with van der Waals surface area (Å²) in [5.74, 6) is 0.554. The van der Waals surface area contributed by atoms with Crippen molar-refractivity contribution in [2.24, 2.45) is 10.9 Å². The van der Waals surface area contributed by atoms with Crippen LogP contribution in [0.4, 0.5) is 0 Å². The maximum atomic E-state index is 4.47. The van der Waals surface area contributed by atoms with Gasteiger partial charge in [0.15, 0.2) is 0 Å². The van der Waals surface area contributed by atoms with E-state index in [-0.39, 0.29) is 0 Å². The summed E-state index contributed by atoms with van der Waals surface area (Å²) < 4.78 is 0. The number of hydrogen-bond donors (Lipinski definition) is 0. The van der Waals surface area contributed by atoms with E-state index in [4.69, 9.17) is 0 Å². The molecule has 1 aromatic carbocycles. The average molecular weight is 229 g/mol. The van der Waals surface area contributed by atoms with Crippen molar-refractivity contribution in [3.63, 3.8) is 0 Å². The van der Waals surface area contributed by atoms with Gasteiger partial charge in [0.05, 0.1) is 0 Å². The zero-order chi connectivity index (χ0) is 12.8. The highest BCUT2D eigenvalue weighted by Crippen LogP contribution is 2.19. The maximum absolute atomic E-state index is 4.47. The van der Waals surface area contributed by atoms with Crippen molar-refractivity contribution in [3.05, 3.63) is 47.0 Å². The van der Waals surface area contributed by atoms with E-state index in [1.165, 1.54) is 22.4 Å². The molecule has 0 aromatic heterocycles. The number of benzene rings is 1. The standard InChI is InChI=1S/C16H23N/c1-6-12(2)14(4)11-16(17-5)15-10-8-7-9-13(15)3/h6-10,14H,11H2,1-5H3/b12-6-,17-16?. The molecule has 0 saturated carbocycles. The van der Waals surface area contributed by atoms with Gasteiger partial charge < -0.3 is 0 Å². The summed E-state index contributed by atoms with van der Waals surface area (Å²) >= 11 is 0. The van der Waals surface area contributed by atoms with Gasteiger partial charge in [-0.15, -0.1) is 0 Å². The van der Waals surface area contributed by atoms with Gasteiger partial charge in [-0.05, 0) is 44.2 Å². The van der Waals surface area contributed by atoms with Crippen LogP contribution in [0.25, 0.3) is 0 Å². The fraction of sp³-hybridized carbons (Fsp3) is 0.438. The summed E-state index contributed by atoms with van der Waals surface area (Å²) in [4.78, 5) is 4.47. The lowest BCUT2D eigenvalue weighted by atomic mass is 9.91. The molecule has 0 fully saturated rings. The molecule has 1 heteroatoms. The van der Waals surface area contributed by atoms with Crippen LogP contribution in [-0.2, 0) is 0 Å². The fourth-order valence-corrected chi connectivity index (χ4v) is 1.95. The van der Waals surface area contributed by atoms with E-state index in [9.17, 15) is 0 Å². The first-order valence-corrected chi connectivity index (χ1v) is 6.24. The molecule has 92 valence electrons. The first-order valence-electron chi connectivity index (χ1n) is 6.24. The minimum absolute atomic E-state index is 0.554. The summed E-state index contributed by atoms with van der Waals surface area (Å²) in [6, 6.07) is 8.47. The first kappa shape index (κ1) is 13.7. The van der Waals surface area contributed by atoms with Crippen molar-refractivity contribution in [1.82, 2.24) is 0 Å². The van der Waals surface area contributed by atoms with E-state index in [0.717, 1.165) is 6.42 Å². The van der Waals surface area contributed by atoms with E-state index >= 15 is 0 Å². The second-order valence-electron chi connectivity index (χ2n) is 4.62. The lowest BCUT2D eigenvalue weighted by Gasteiger charge is -2.15. The van der Waals surface area contributed by atoms with Crippen LogP contribution in [0.1, 0.15) is 38.3 Å². The summed E-state index contributed by atoms with van der Waals surface area (Å²) in [7, 11) is 1.89. The molecule has 0 bridgehead atoms. The average Bonchev–Trinajstić information content (AvgIpc) is 2.35. The minimum Gasteiger partial charge on any atom is -0.292 e. The molecular weight excluding hydrogens is 206 g/mol. The molecule has 0 aliphatic heterocycles. The van der Waals surface area contributed by atoms with Crippen LogP contribution in [0.3, 0.4) is 0 Å². The van der Waals surface area contributed by atoms with Gasteiger partial charge in [0.2, 0.25) is 0 Å². The molecule has 0 aliphatic rings. The predicted octanol–water partition coefficient (Wildman–Crippen LogP) is 4.41. The molecule has 0 radical (unpaired) electrons. The molecule has 0 N–H and O–H groups in total. The van der Waals surface area contributed by atoms with Gasteiger partial charge in [-0.25, -0.2) is 0 Å². The summed E-state index contributed by atoms with van der Waals surface area (Å²) in [5.41, 5.74) is 5.22. The topological polar surface area (TPSA) is 12.4 Å². The summed E-state index contributed by atoms with van der Waals surface area (Å²) in [5, 5.41) is 0. The molecule has 17 heavy (non-hydrogen) atoms. The molecule has 0 spiro atoms. The van der Waals surface area contributed by atoms with Crippen LogP contribution in [0.2, 0.25) is 0 Å². The second kappa shape index (κ2) is 6.39. The van der Waals surface area contributed by atoms with Crippen molar-refractivity contribution in [2.45, 2.75) is 34.1 Å². The van der Waals surface area contributed by atoms with Crippen LogP contribution < -0.4 is 0 Å². The van der Waals surface area contributed by atoms with Crippen molar-refractivity contribution < 1.29 is 0 Å². The largest absolute Gasteiger partial charge is 0.292 e. The third-order valence-electron chi connectivity index (χ3n) is 3.46. The Bertz CT molecular complexity index is 427. The Hall–Kier alpha value is -1.37. The van der Waals surface area contributed by atoms with Crippen molar-refractivity contribution >= 4 is 5.71 Å². The third-order valence-corrected chi connectivity index (χ3v) is 3.46. The van der Waals surface area contributed by atoms with Crippen LogP contribution in [0.15, 0.2) is 40.9 Å². The first-order chi connectivity index (χ1) is 8.10. The Balaban J connectivity index is 2.92. The molecule has 1 unspecified atom stereocenters. The normalized spacial score (nSPS) is 14.9. The van der Waals surface area contributed by atoms with Gasteiger partial charge in [-0.2, -0.15) is 0 Å². The minimum atomic E-state index is 0.554. The number of aryl methyl sites for hydroxylation is 1. The number of nitrogens with zero attached hydrogens (tertiary/aromatic N) is 1. The molecule has 0 amide bonds. The van der Waals surface area contributed by atoms with Gasteiger partial charge in [0.25, 0.3) is 0 Å². The number of hydrogen-bond acceptors (Lipinski definition) is 1. The Labute approximate surface area is 105 Å². The molecular formula is C16H23N. The summed E-state index contributed by atoms with van der Waals surface area (Å²) in [6.07, 6.45) is 3.20. The van der Waals surface area contributed by atoms with E-state index in [0.29, 0.717) is 5.92 Å². The zero-order valence-corrected chi connectivity index (χ0v) is 11.6. The molecule has 1 nitrogen and oxygen atoms in total. The maximum Gasteiger partial charge on any atom is 0.0425 e. The predicted molar refractivity (Wildman–Crippen MR) is 76.9 cm³/mol. The van der Waals surface area contributed by atoms with Crippen LogP contribution >= 0.6 is 0 Å². The van der Waals surface area contributed by atoms with Gasteiger partial charge >= 0.3 is 0 Å². The zero-order valence-electron chi connectivity index (χ0n) is 11.6. The van der Waals surface area contributed by atoms with E-state index in [2.05, 4.69) is 63.0 Å². The van der Waals surface area contributed by atoms with Crippen LogP contribution in [-0.4, -0.2) is 12.8 Å². The van der Waals surface area contributed by atoms with E-state index in [1.807, 2.05) is 7.05 Å². The third kappa shape index (κ3) is 3.55. The van der Waals surface area contributed by atoms with Crippen LogP contribution in [0, 0.1) is 12.8 Å². The van der Waals surface area contributed by atoms with E-state index < -0.39 is 0 Å². The van der Waals surface area contributed by atoms with Gasteiger partial charge in [0.1, 0.15) is 0 Å². The molecule has 0 aliphatic carbocycles. The highest BCUT2D eigenvalue weighted by molar-refractivity contribution is 6.01. The highest BCUT2D eigenvalue weighted by atomic mass is 14.7. The number of aliphatic imine (C=N–C) groups is 1. The molecule has 1 atom stereocenters. The SMILES string of the molecule is C/C=C(/C)C(C)CC(=NC)c1ccccc1C. The Kier molecular flexibility index (Phi) is 5.14.